The lowest BCUT2D eigenvalue weighted by molar-refractivity contribution is 0.603. The fraction of sp³-hybridized carbons (Fsp3) is 0.455. The average molecular weight is 161 g/mol. The normalized spacial score (nSPS) is 22.8. The predicted octanol–water partition coefficient (Wildman–Crippen LogP) is 1.98. The average Bonchev–Trinajstić information content (AvgIpc) is 2.59. The molecule has 1 aromatic carbocycles. The summed E-state index contributed by atoms with van der Waals surface area (Å²) in [4.78, 5) is 0. The van der Waals surface area contributed by atoms with Crippen molar-refractivity contribution in [1.29, 1.82) is 0 Å². The van der Waals surface area contributed by atoms with Gasteiger partial charge in [0.1, 0.15) is 0 Å². The maximum Gasteiger partial charge on any atom is 0.0108 e. The molecule has 1 atom stereocenters. The summed E-state index contributed by atoms with van der Waals surface area (Å²) in [6.45, 7) is 1.21. The Bertz CT molecular complexity index is 224. The summed E-state index contributed by atoms with van der Waals surface area (Å²) in [7, 11) is 0. The number of benzene rings is 1. The van der Waals surface area contributed by atoms with E-state index < -0.39 is 0 Å². The number of nitrogens with one attached hydrogen (secondary N) is 1. The van der Waals surface area contributed by atoms with Gasteiger partial charge in [0.2, 0.25) is 0 Å². The first-order valence-corrected chi connectivity index (χ1v) is 4.72. The first-order valence-electron chi connectivity index (χ1n) is 4.72. The van der Waals surface area contributed by atoms with Crippen LogP contribution >= 0.6 is 0 Å². The lowest BCUT2D eigenvalue weighted by Crippen LogP contribution is -2.23. The van der Waals surface area contributed by atoms with Gasteiger partial charge in [0.15, 0.2) is 0 Å². The van der Waals surface area contributed by atoms with Crippen LogP contribution in [-0.4, -0.2) is 12.6 Å². The van der Waals surface area contributed by atoms with Gasteiger partial charge < -0.3 is 5.32 Å². The Balaban J connectivity index is 1.94. The third-order valence-corrected chi connectivity index (χ3v) is 2.49. The van der Waals surface area contributed by atoms with Gasteiger partial charge in [0, 0.05) is 6.04 Å². The third-order valence-electron chi connectivity index (χ3n) is 2.49. The Morgan fingerprint density at radius 3 is 2.75 bits per heavy atom. The van der Waals surface area contributed by atoms with Gasteiger partial charge >= 0.3 is 0 Å². The topological polar surface area (TPSA) is 12.0 Å². The van der Waals surface area contributed by atoms with Gasteiger partial charge in [0.05, 0.1) is 0 Å². The van der Waals surface area contributed by atoms with E-state index in [1.807, 2.05) is 0 Å². The summed E-state index contributed by atoms with van der Waals surface area (Å²) in [6, 6.07) is 11.5. The van der Waals surface area contributed by atoms with E-state index in [-0.39, 0.29) is 0 Å². The summed E-state index contributed by atoms with van der Waals surface area (Å²) >= 11 is 0. The van der Waals surface area contributed by atoms with Crippen LogP contribution in [0.4, 0.5) is 0 Å². The van der Waals surface area contributed by atoms with E-state index in [9.17, 15) is 0 Å². The van der Waals surface area contributed by atoms with Gasteiger partial charge in [0.25, 0.3) is 0 Å². The maximum atomic E-state index is 3.51. The van der Waals surface area contributed by atoms with Crippen molar-refractivity contribution in [1.82, 2.24) is 5.32 Å². The second kappa shape index (κ2) is 3.72. The SMILES string of the molecule is c1ccc(C[C@H]2CCCN2)cc1. The van der Waals surface area contributed by atoms with E-state index >= 15 is 0 Å². The van der Waals surface area contributed by atoms with Crippen LogP contribution in [0.3, 0.4) is 0 Å². The quantitative estimate of drug-likeness (QED) is 0.699. The van der Waals surface area contributed by atoms with Gasteiger partial charge in [-0.2, -0.15) is 0 Å². The molecule has 0 saturated carbocycles. The van der Waals surface area contributed by atoms with E-state index in [1.54, 1.807) is 0 Å². The van der Waals surface area contributed by atoms with Crippen LogP contribution in [0.5, 0.6) is 0 Å². The van der Waals surface area contributed by atoms with Gasteiger partial charge in [-0.05, 0) is 31.4 Å². The van der Waals surface area contributed by atoms with Gasteiger partial charge in [-0.3, -0.25) is 0 Å². The standard InChI is InChI=1S/C11H15N/c1-2-5-10(6-3-1)9-11-7-4-8-12-11/h1-3,5-6,11-12H,4,7-9H2/t11-/m1/s1. The molecule has 1 aliphatic heterocycles. The van der Waals surface area contributed by atoms with Crippen LogP contribution in [0.1, 0.15) is 18.4 Å². The molecule has 0 radical (unpaired) electrons. The Morgan fingerprint density at radius 2 is 2.08 bits per heavy atom. The molecule has 1 heteroatoms. The smallest absolute Gasteiger partial charge is 0.0108 e. The minimum absolute atomic E-state index is 0.729. The highest BCUT2D eigenvalue weighted by molar-refractivity contribution is 5.16. The predicted molar refractivity (Wildman–Crippen MR) is 51.2 cm³/mol. The minimum atomic E-state index is 0.729. The fourth-order valence-electron chi connectivity index (χ4n) is 1.83. The minimum Gasteiger partial charge on any atom is -0.314 e. The van der Waals surface area contributed by atoms with E-state index in [1.165, 1.54) is 31.4 Å². The molecule has 1 nitrogen and oxygen atoms in total. The molecular weight excluding hydrogens is 146 g/mol. The molecule has 1 N–H and O–H groups in total. The van der Waals surface area contributed by atoms with Gasteiger partial charge in [-0.25, -0.2) is 0 Å². The van der Waals surface area contributed by atoms with Gasteiger partial charge in [-0.15, -0.1) is 0 Å². The summed E-state index contributed by atoms with van der Waals surface area (Å²) in [5, 5.41) is 3.51. The third kappa shape index (κ3) is 1.86. The Kier molecular flexibility index (Phi) is 2.42. The van der Waals surface area contributed by atoms with Crippen LogP contribution < -0.4 is 5.32 Å². The molecule has 64 valence electrons. The number of hydrogen-bond acceptors (Lipinski definition) is 1. The Hall–Kier alpha value is -0.820. The van der Waals surface area contributed by atoms with Crippen molar-refractivity contribution in [2.75, 3.05) is 6.54 Å². The Morgan fingerprint density at radius 1 is 1.25 bits per heavy atom. The van der Waals surface area contributed by atoms with Crippen LogP contribution in [0.2, 0.25) is 0 Å². The van der Waals surface area contributed by atoms with Crippen molar-refractivity contribution in [3.8, 4) is 0 Å². The zero-order chi connectivity index (χ0) is 8.23. The van der Waals surface area contributed by atoms with Crippen molar-refractivity contribution in [3.63, 3.8) is 0 Å². The summed E-state index contributed by atoms with van der Waals surface area (Å²) in [5.41, 5.74) is 1.46. The lowest BCUT2D eigenvalue weighted by Gasteiger charge is -2.08. The van der Waals surface area contributed by atoms with Crippen molar-refractivity contribution in [3.05, 3.63) is 35.9 Å². The molecule has 0 aromatic heterocycles. The molecule has 0 aliphatic carbocycles. The summed E-state index contributed by atoms with van der Waals surface area (Å²) < 4.78 is 0. The van der Waals surface area contributed by atoms with E-state index in [0.29, 0.717) is 0 Å². The summed E-state index contributed by atoms with van der Waals surface area (Å²) in [6.07, 6.45) is 3.88. The molecule has 0 spiro atoms. The van der Waals surface area contributed by atoms with E-state index in [4.69, 9.17) is 0 Å². The molecule has 1 fully saturated rings. The highest BCUT2D eigenvalue weighted by Gasteiger charge is 2.13. The highest BCUT2D eigenvalue weighted by Crippen LogP contribution is 2.11. The second-order valence-electron chi connectivity index (χ2n) is 3.48. The largest absolute Gasteiger partial charge is 0.314 e. The molecule has 0 bridgehead atoms. The number of rotatable bonds is 2. The van der Waals surface area contributed by atoms with Crippen molar-refractivity contribution in [2.24, 2.45) is 0 Å². The number of hydrogen-bond donors (Lipinski definition) is 1. The molecule has 1 heterocycles. The van der Waals surface area contributed by atoms with Crippen molar-refractivity contribution in [2.45, 2.75) is 25.3 Å². The zero-order valence-corrected chi connectivity index (χ0v) is 7.29. The molecule has 1 aromatic rings. The molecule has 0 amide bonds. The van der Waals surface area contributed by atoms with E-state index in [0.717, 1.165) is 6.04 Å². The maximum absolute atomic E-state index is 3.51. The molecule has 12 heavy (non-hydrogen) atoms. The second-order valence-corrected chi connectivity index (χ2v) is 3.48. The summed E-state index contributed by atoms with van der Waals surface area (Å²) in [5.74, 6) is 0. The first kappa shape index (κ1) is 7.81. The monoisotopic (exact) mass is 161 g/mol. The van der Waals surface area contributed by atoms with Crippen LogP contribution in [-0.2, 0) is 6.42 Å². The highest BCUT2D eigenvalue weighted by atomic mass is 14.9. The molecule has 2 rings (SSSR count). The van der Waals surface area contributed by atoms with Crippen LogP contribution in [0, 0.1) is 0 Å². The van der Waals surface area contributed by atoms with E-state index in [2.05, 4.69) is 35.6 Å². The van der Waals surface area contributed by atoms with Crippen molar-refractivity contribution < 1.29 is 0 Å². The Labute approximate surface area is 73.8 Å². The van der Waals surface area contributed by atoms with Crippen molar-refractivity contribution >= 4 is 0 Å². The molecule has 1 saturated heterocycles. The van der Waals surface area contributed by atoms with Crippen LogP contribution in [0.15, 0.2) is 30.3 Å². The zero-order valence-electron chi connectivity index (χ0n) is 7.29. The first-order chi connectivity index (χ1) is 5.95. The molecule has 0 unspecified atom stereocenters. The fourth-order valence-corrected chi connectivity index (χ4v) is 1.83. The molecular formula is C11H15N. The lowest BCUT2D eigenvalue weighted by atomic mass is 10.1. The molecule has 1 aliphatic rings. The van der Waals surface area contributed by atoms with Crippen LogP contribution in [0.25, 0.3) is 0 Å². The van der Waals surface area contributed by atoms with Gasteiger partial charge in [-0.1, -0.05) is 30.3 Å².